The average molecular weight is 987 g/mol. The fourth-order valence-corrected chi connectivity index (χ4v) is 9.87. The number of amides is 1. The Labute approximate surface area is 437 Å². The van der Waals surface area contributed by atoms with Gasteiger partial charge in [0.15, 0.2) is 0 Å². The van der Waals surface area contributed by atoms with Crippen LogP contribution in [0.1, 0.15) is 348 Å². The summed E-state index contributed by atoms with van der Waals surface area (Å²) >= 11 is 0. The van der Waals surface area contributed by atoms with E-state index < -0.39 is 12.1 Å². The number of ether oxygens (including phenoxy) is 1. The second-order valence-electron chi connectivity index (χ2n) is 21.7. The highest BCUT2D eigenvalue weighted by Crippen LogP contribution is 2.17. The number of nitrogens with one attached hydrogen (secondary N) is 1. The van der Waals surface area contributed by atoms with Crippen LogP contribution in [0.2, 0.25) is 0 Å². The minimum absolute atomic E-state index is 0.0136. The molecule has 0 saturated carbocycles. The summed E-state index contributed by atoms with van der Waals surface area (Å²) in [7, 11) is 0. The number of aliphatic hydroxyl groups excluding tert-OH is 2. The molecule has 0 fully saturated rings. The summed E-state index contributed by atoms with van der Waals surface area (Å²) in [5.41, 5.74) is 0. The van der Waals surface area contributed by atoms with E-state index in [9.17, 15) is 19.8 Å². The van der Waals surface area contributed by atoms with E-state index in [1.807, 2.05) is 6.08 Å². The largest absolute Gasteiger partial charge is 0.466 e. The van der Waals surface area contributed by atoms with Crippen molar-refractivity contribution < 1.29 is 24.5 Å². The van der Waals surface area contributed by atoms with E-state index in [0.717, 1.165) is 44.9 Å². The first-order valence-electron chi connectivity index (χ1n) is 31.6. The SMILES string of the molecule is CCCCCCCCCCCCCCCC/C=C/C(O)C(CO)NC(=O)CCCCCCCCC/C=C\CCCCCCCCCCCCCCOC(=O)CCCCCCCCCCCCCCCC. The second-order valence-corrected chi connectivity index (χ2v) is 21.7. The standard InChI is InChI=1S/C64H123NO5/c1-3-5-7-9-11-13-15-17-19-29-32-36-40-44-48-52-56-62(67)61(60-66)65-63(68)57-53-49-45-41-37-33-30-27-25-23-21-20-22-24-26-28-31-35-39-43-47-51-55-59-70-64(69)58-54-50-46-42-38-34-18-16-14-12-10-8-6-4-2/h23,25,52,56,61-62,66-67H,3-22,24,26-51,53-55,57-60H2,1-2H3,(H,65,68)/b25-23-,56-52+. The smallest absolute Gasteiger partial charge is 0.305 e. The predicted molar refractivity (Wildman–Crippen MR) is 306 cm³/mol. The molecular formula is C64H123NO5. The first-order chi connectivity index (χ1) is 34.5. The number of carbonyl (C=O) groups excluding carboxylic acids is 2. The van der Waals surface area contributed by atoms with Crippen molar-refractivity contribution in [3.05, 3.63) is 24.3 Å². The minimum Gasteiger partial charge on any atom is -0.466 e. The molecule has 0 saturated heterocycles. The van der Waals surface area contributed by atoms with Crippen molar-refractivity contribution in [2.75, 3.05) is 13.2 Å². The molecule has 0 aliphatic rings. The molecule has 2 unspecified atom stereocenters. The van der Waals surface area contributed by atoms with E-state index >= 15 is 0 Å². The topological polar surface area (TPSA) is 95.9 Å². The highest BCUT2D eigenvalue weighted by molar-refractivity contribution is 5.76. The van der Waals surface area contributed by atoms with Gasteiger partial charge in [-0.15, -0.1) is 0 Å². The Hall–Kier alpha value is -1.66. The van der Waals surface area contributed by atoms with Crippen LogP contribution in [0.15, 0.2) is 24.3 Å². The molecule has 414 valence electrons. The van der Waals surface area contributed by atoms with Gasteiger partial charge in [-0.3, -0.25) is 9.59 Å². The zero-order chi connectivity index (χ0) is 50.7. The molecule has 0 aromatic carbocycles. The summed E-state index contributed by atoms with van der Waals surface area (Å²) in [6, 6.07) is -0.632. The van der Waals surface area contributed by atoms with Crippen molar-refractivity contribution in [3.63, 3.8) is 0 Å². The lowest BCUT2D eigenvalue weighted by atomic mass is 10.0. The van der Waals surface area contributed by atoms with E-state index in [4.69, 9.17) is 4.74 Å². The number of hydrogen-bond donors (Lipinski definition) is 3. The van der Waals surface area contributed by atoms with Gasteiger partial charge >= 0.3 is 5.97 Å². The fourth-order valence-electron chi connectivity index (χ4n) is 9.87. The van der Waals surface area contributed by atoms with Gasteiger partial charge in [-0.05, 0) is 57.8 Å². The Bertz CT molecular complexity index is 1090. The lowest BCUT2D eigenvalue weighted by Gasteiger charge is -2.20. The van der Waals surface area contributed by atoms with Gasteiger partial charge in [-0.1, -0.05) is 301 Å². The maximum atomic E-state index is 12.5. The fraction of sp³-hybridized carbons (Fsp3) is 0.906. The van der Waals surface area contributed by atoms with Gasteiger partial charge in [0, 0.05) is 12.8 Å². The van der Waals surface area contributed by atoms with Crippen LogP contribution in [-0.2, 0) is 14.3 Å². The molecule has 0 aliphatic carbocycles. The summed E-state index contributed by atoms with van der Waals surface area (Å²) in [4.78, 5) is 24.5. The lowest BCUT2D eigenvalue weighted by Crippen LogP contribution is -2.45. The normalized spacial score (nSPS) is 12.7. The molecular weight excluding hydrogens is 863 g/mol. The van der Waals surface area contributed by atoms with Gasteiger partial charge in [-0.25, -0.2) is 0 Å². The van der Waals surface area contributed by atoms with E-state index in [0.29, 0.717) is 19.4 Å². The minimum atomic E-state index is -0.848. The third-order valence-electron chi connectivity index (χ3n) is 14.7. The number of carbonyl (C=O) groups is 2. The maximum absolute atomic E-state index is 12.5. The Morgan fingerprint density at radius 2 is 0.671 bits per heavy atom. The van der Waals surface area contributed by atoms with E-state index in [1.165, 1.54) is 276 Å². The number of rotatable bonds is 59. The van der Waals surface area contributed by atoms with Crippen molar-refractivity contribution in [1.29, 1.82) is 0 Å². The van der Waals surface area contributed by atoms with Crippen LogP contribution in [0.5, 0.6) is 0 Å². The van der Waals surface area contributed by atoms with Crippen LogP contribution < -0.4 is 5.32 Å². The van der Waals surface area contributed by atoms with Crippen LogP contribution in [0.4, 0.5) is 0 Å². The van der Waals surface area contributed by atoms with Crippen LogP contribution in [-0.4, -0.2) is 47.4 Å². The molecule has 0 radical (unpaired) electrons. The summed E-state index contributed by atoms with van der Waals surface area (Å²) in [5, 5.41) is 23.1. The monoisotopic (exact) mass is 986 g/mol. The number of aliphatic hydroxyl groups is 2. The van der Waals surface area contributed by atoms with Gasteiger partial charge in [0.1, 0.15) is 0 Å². The van der Waals surface area contributed by atoms with Crippen LogP contribution in [0.25, 0.3) is 0 Å². The van der Waals surface area contributed by atoms with Gasteiger partial charge in [0.25, 0.3) is 0 Å². The molecule has 70 heavy (non-hydrogen) atoms. The molecule has 0 spiro atoms. The van der Waals surface area contributed by atoms with E-state index in [-0.39, 0.29) is 18.5 Å². The first-order valence-corrected chi connectivity index (χ1v) is 31.6. The Balaban J connectivity index is 3.42. The van der Waals surface area contributed by atoms with Crippen molar-refractivity contribution in [2.24, 2.45) is 0 Å². The van der Waals surface area contributed by atoms with Crippen molar-refractivity contribution >= 4 is 11.9 Å². The number of unbranched alkanes of at least 4 members (excludes halogenated alkanes) is 46. The van der Waals surface area contributed by atoms with E-state index in [1.54, 1.807) is 6.08 Å². The molecule has 0 aliphatic heterocycles. The Morgan fingerprint density at radius 3 is 1.01 bits per heavy atom. The Morgan fingerprint density at radius 1 is 0.386 bits per heavy atom. The molecule has 2 atom stereocenters. The van der Waals surface area contributed by atoms with Crippen molar-refractivity contribution in [1.82, 2.24) is 5.32 Å². The van der Waals surface area contributed by atoms with Crippen LogP contribution >= 0.6 is 0 Å². The van der Waals surface area contributed by atoms with Gasteiger partial charge < -0.3 is 20.3 Å². The first kappa shape index (κ1) is 68.3. The van der Waals surface area contributed by atoms with Gasteiger partial charge in [0.2, 0.25) is 5.91 Å². The number of esters is 1. The molecule has 6 heteroatoms. The van der Waals surface area contributed by atoms with Gasteiger partial charge in [0.05, 0.1) is 25.4 Å². The predicted octanol–water partition coefficient (Wildman–Crippen LogP) is 19.8. The summed E-state index contributed by atoms with van der Waals surface area (Å²) in [5.74, 6) is -0.0586. The Kier molecular flexibility index (Phi) is 58.5. The molecule has 0 rings (SSSR count). The zero-order valence-corrected chi connectivity index (χ0v) is 47.3. The molecule has 0 bridgehead atoms. The van der Waals surface area contributed by atoms with Crippen LogP contribution in [0.3, 0.4) is 0 Å². The summed E-state index contributed by atoms with van der Waals surface area (Å²) in [6.07, 6.45) is 73.6. The molecule has 0 aromatic rings. The quantitative estimate of drug-likeness (QED) is 0.0321. The number of hydrogen-bond acceptors (Lipinski definition) is 5. The molecule has 3 N–H and O–H groups in total. The van der Waals surface area contributed by atoms with Crippen molar-refractivity contribution in [3.8, 4) is 0 Å². The zero-order valence-electron chi connectivity index (χ0n) is 47.3. The molecule has 1 amide bonds. The second kappa shape index (κ2) is 59.9. The average Bonchev–Trinajstić information content (AvgIpc) is 3.36. The highest BCUT2D eigenvalue weighted by atomic mass is 16.5. The third-order valence-corrected chi connectivity index (χ3v) is 14.7. The molecule has 0 heterocycles. The van der Waals surface area contributed by atoms with Crippen LogP contribution in [0, 0.1) is 0 Å². The molecule has 0 aromatic heterocycles. The van der Waals surface area contributed by atoms with E-state index in [2.05, 4.69) is 31.3 Å². The highest BCUT2D eigenvalue weighted by Gasteiger charge is 2.18. The number of allylic oxidation sites excluding steroid dienone is 3. The summed E-state index contributed by atoms with van der Waals surface area (Å²) < 4.78 is 5.48. The maximum Gasteiger partial charge on any atom is 0.305 e. The lowest BCUT2D eigenvalue weighted by molar-refractivity contribution is -0.143. The molecule has 6 nitrogen and oxygen atoms in total. The van der Waals surface area contributed by atoms with Gasteiger partial charge in [-0.2, -0.15) is 0 Å². The third kappa shape index (κ3) is 55.7. The van der Waals surface area contributed by atoms with Crippen molar-refractivity contribution in [2.45, 2.75) is 360 Å². The summed E-state index contributed by atoms with van der Waals surface area (Å²) in [6.45, 7) is 4.92.